The summed E-state index contributed by atoms with van der Waals surface area (Å²) in [5.41, 5.74) is 2.48. The molecule has 0 aliphatic rings. The molecule has 0 aliphatic carbocycles. The van der Waals surface area contributed by atoms with Crippen LogP contribution >= 0.6 is 11.3 Å². The number of carbonyl (C=O) groups is 1. The number of hydrogen-bond donors (Lipinski definition) is 1. The van der Waals surface area contributed by atoms with Crippen LogP contribution in [0.25, 0.3) is 10.6 Å². The van der Waals surface area contributed by atoms with Crippen molar-refractivity contribution < 1.29 is 14.3 Å². The fraction of sp³-hybridized carbons (Fsp3) is 0.250. The molecule has 0 aliphatic heterocycles. The number of nitrogens with zero attached hydrogens (tertiary/aromatic N) is 2. The van der Waals surface area contributed by atoms with E-state index in [0.29, 0.717) is 11.5 Å². The summed E-state index contributed by atoms with van der Waals surface area (Å²) in [7, 11) is 3.20. The molecule has 6 nitrogen and oxygen atoms in total. The van der Waals surface area contributed by atoms with E-state index in [4.69, 9.17) is 9.47 Å². The van der Waals surface area contributed by atoms with Gasteiger partial charge in [0, 0.05) is 17.1 Å². The Morgan fingerprint density at radius 2 is 2.00 bits per heavy atom. The van der Waals surface area contributed by atoms with Gasteiger partial charge in [0.1, 0.15) is 5.01 Å². The largest absolute Gasteiger partial charge is 0.493 e. The van der Waals surface area contributed by atoms with Gasteiger partial charge in [-0.1, -0.05) is 6.07 Å². The fourth-order valence-corrected chi connectivity index (χ4v) is 3.47. The molecule has 0 fully saturated rings. The molecule has 2 aromatic heterocycles. The lowest BCUT2D eigenvalue weighted by molar-refractivity contribution is -0.121. The Morgan fingerprint density at radius 1 is 1.19 bits per heavy atom. The van der Waals surface area contributed by atoms with E-state index in [1.54, 1.807) is 20.4 Å². The third kappa shape index (κ3) is 4.62. The zero-order chi connectivity index (χ0) is 19.2. The first-order valence-electron chi connectivity index (χ1n) is 8.47. The number of methoxy groups -OCH3 is 2. The number of aromatic nitrogens is 2. The number of benzene rings is 1. The number of hydrogen-bond acceptors (Lipinski definition) is 6. The van der Waals surface area contributed by atoms with E-state index in [9.17, 15) is 4.79 Å². The van der Waals surface area contributed by atoms with E-state index < -0.39 is 0 Å². The van der Waals surface area contributed by atoms with Crippen molar-refractivity contribution in [2.75, 3.05) is 14.2 Å². The molecule has 1 atom stereocenters. The van der Waals surface area contributed by atoms with Gasteiger partial charge in [0.15, 0.2) is 11.5 Å². The molecule has 0 radical (unpaired) electrons. The predicted molar refractivity (Wildman–Crippen MR) is 105 cm³/mol. The molecule has 140 valence electrons. The van der Waals surface area contributed by atoms with Crippen molar-refractivity contribution in [1.29, 1.82) is 0 Å². The average molecular weight is 383 g/mol. The molecular weight excluding hydrogens is 362 g/mol. The van der Waals surface area contributed by atoms with Gasteiger partial charge in [0.25, 0.3) is 0 Å². The second kappa shape index (κ2) is 8.64. The topological polar surface area (TPSA) is 73.3 Å². The van der Waals surface area contributed by atoms with E-state index in [-0.39, 0.29) is 18.4 Å². The van der Waals surface area contributed by atoms with Crippen LogP contribution in [0.15, 0.2) is 48.0 Å². The van der Waals surface area contributed by atoms with Crippen molar-refractivity contribution in [2.45, 2.75) is 19.4 Å². The lowest BCUT2D eigenvalue weighted by Gasteiger charge is -2.12. The van der Waals surface area contributed by atoms with E-state index in [0.717, 1.165) is 22.0 Å². The highest BCUT2D eigenvalue weighted by molar-refractivity contribution is 7.13. The van der Waals surface area contributed by atoms with Crippen molar-refractivity contribution in [3.63, 3.8) is 0 Å². The van der Waals surface area contributed by atoms with Crippen LogP contribution in [0.3, 0.4) is 0 Å². The first-order valence-corrected chi connectivity index (χ1v) is 9.35. The van der Waals surface area contributed by atoms with Gasteiger partial charge in [-0.25, -0.2) is 4.98 Å². The highest BCUT2D eigenvalue weighted by atomic mass is 32.1. The third-order valence-electron chi connectivity index (χ3n) is 4.03. The van der Waals surface area contributed by atoms with Gasteiger partial charge in [-0.05, 0) is 37.3 Å². The summed E-state index contributed by atoms with van der Waals surface area (Å²) in [6, 6.07) is 11.1. The van der Waals surface area contributed by atoms with Gasteiger partial charge in [-0.2, -0.15) is 0 Å². The van der Waals surface area contributed by atoms with Crippen LogP contribution in [0.4, 0.5) is 0 Å². The van der Waals surface area contributed by atoms with Crippen LogP contribution < -0.4 is 14.8 Å². The summed E-state index contributed by atoms with van der Waals surface area (Å²) in [5, 5.41) is 5.68. The number of ether oxygens (including phenoxy) is 2. The predicted octanol–water partition coefficient (Wildman–Crippen LogP) is 3.64. The molecule has 7 heteroatoms. The Hall–Kier alpha value is -2.93. The van der Waals surface area contributed by atoms with Crippen LogP contribution in [0, 0.1) is 0 Å². The van der Waals surface area contributed by atoms with Gasteiger partial charge in [-0.15, -0.1) is 11.3 Å². The molecule has 1 amide bonds. The van der Waals surface area contributed by atoms with E-state index in [1.165, 1.54) is 11.3 Å². The maximum absolute atomic E-state index is 12.3. The van der Waals surface area contributed by atoms with E-state index >= 15 is 0 Å². The maximum atomic E-state index is 12.3. The Balaban J connectivity index is 1.66. The van der Waals surface area contributed by atoms with Crippen molar-refractivity contribution in [3.8, 4) is 22.1 Å². The number of rotatable bonds is 7. The smallest absolute Gasteiger partial charge is 0.226 e. The van der Waals surface area contributed by atoms with Crippen molar-refractivity contribution in [2.24, 2.45) is 0 Å². The van der Waals surface area contributed by atoms with Crippen molar-refractivity contribution >= 4 is 17.2 Å². The van der Waals surface area contributed by atoms with Crippen molar-refractivity contribution in [3.05, 3.63) is 59.4 Å². The van der Waals surface area contributed by atoms with Gasteiger partial charge < -0.3 is 14.8 Å². The number of thiazole rings is 1. The number of carbonyl (C=O) groups excluding carboxylic acids is 1. The third-order valence-corrected chi connectivity index (χ3v) is 4.97. The zero-order valence-corrected chi connectivity index (χ0v) is 16.2. The van der Waals surface area contributed by atoms with Gasteiger partial charge >= 0.3 is 0 Å². The average Bonchev–Trinajstić information content (AvgIpc) is 3.16. The molecule has 0 bridgehead atoms. The summed E-state index contributed by atoms with van der Waals surface area (Å²) in [5.74, 6) is 1.23. The summed E-state index contributed by atoms with van der Waals surface area (Å²) < 4.78 is 10.6. The van der Waals surface area contributed by atoms with Gasteiger partial charge in [0.05, 0.1) is 38.1 Å². The lowest BCUT2D eigenvalue weighted by Crippen LogP contribution is -2.28. The molecule has 2 heterocycles. The van der Waals surface area contributed by atoms with Gasteiger partial charge in [0.2, 0.25) is 5.91 Å². The standard InChI is InChI=1S/C20H21N3O3S/c1-13(16-6-4-5-9-21-16)22-19(24)11-15-12-27-20(23-15)14-7-8-17(25-2)18(10-14)26-3/h4-10,12-13H,11H2,1-3H3,(H,22,24). The summed E-state index contributed by atoms with van der Waals surface area (Å²) >= 11 is 1.49. The monoisotopic (exact) mass is 383 g/mol. The minimum absolute atomic E-state index is 0.0858. The highest BCUT2D eigenvalue weighted by Crippen LogP contribution is 2.33. The molecule has 0 saturated carbocycles. The van der Waals surface area contributed by atoms with E-state index in [2.05, 4.69) is 15.3 Å². The first-order chi connectivity index (χ1) is 13.1. The SMILES string of the molecule is COc1ccc(-c2nc(CC(=O)NC(C)c3ccccn3)cs2)cc1OC. The zero-order valence-electron chi connectivity index (χ0n) is 15.4. The molecule has 1 aromatic carbocycles. The lowest BCUT2D eigenvalue weighted by atomic mass is 10.2. The maximum Gasteiger partial charge on any atom is 0.226 e. The highest BCUT2D eigenvalue weighted by Gasteiger charge is 2.14. The van der Waals surface area contributed by atoms with Gasteiger partial charge in [-0.3, -0.25) is 9.78 Å². The van der Waals surface area contributed by atoms with Crippen LogP contribution in [0.1, 0.15) is 24.4 Å². The van der Waals surface area contributed by atoms with E-state index in [1.807, 2.05) is 48.7 Å². The Kier molecular flexibility index (Phi) is 6.03. The summed E-state index contributed by atoms with van der Waals surface area (Å²) in [6.07, 6.45) is 1.94. The number of amides is 1. The minimum atomic E-state index is -0.150. The molecule has 27 heavy (non-hydrogen) atoms. The van der Waals surface area contributed by atoms with Crippen LogP contribution in [0.5, 0.6) is 11.5 Å². The molecule has 0 spiro atoms. The Morgan fingerprint density at radius 3 is 2.70 bits per heavy atom. The summed E-state index contributed by atoms with van der Waals surface area (Å²) in [6.45, 7) is 1.91. The van der Waals surface area contributed by atoms with Crippen LogP contribution in [-0.2, 0) is 11.2 Å². The fourth-order valence-electron chi connectivity index (χ4n) is 2.65. The first kappa shape index (κ1) is 18.8. The molecule has 3 rings (SSSR count). The Bertz CT molecular complexity index is 912. The second-order valence-corrected chi connectivity index (χ2v) is 6.79. The molecular formula is C20H21N3O3S. The normalized spacial score (nSPS) is 11.7. The summed E-state index contributed by atoms with van der Waals surface area (Å²) in [4.78, 5) is 21.2. The Labute approximate surface area is 162 Å². The van der Waals surface area contributed by atoms with Crippen LogP contribution in [0.2, 0.25) is 0 Å². The second-order valence-electron chi connectivity index (χ2n) is 5.93. The quantitative estimate of drug-likeness (QED) is 0.674. The van der Waals surface area contributed by atoms with Crippen LogP contribution in [-0.4, -0.2) is 30.1 Å². The number of nitrogens with one attached hydrogen (secondary N) is 1. The minimum Gasteiger partial charge on any atom is -0.493 e. The molecule has 3 aromatic rings. The molecule has 0 saturated heterocycles. The molecule has 1 unspecified atom stereocenters. The van der Waals surface area contributed by atoms with Crippen molar-refractivity contribution in [1.82, 2.24) is 15.3 Å². The number of pyridine rings is 1. The molecule has 1 N–H and O–H groups in total.